The Labute approximate surface area is 209 Å². The maximum absolute atomic E-state index is 12.7. The molecule has 0 atom stereocenters. The molecule has 0 spiro atoms. The van der Waals surface area contributed by atoms with E-state index in [2.05, 4.69) is 36.1 Å². The molecule has 1 saturated heterocycles. The Morgan fingerprint density at radius 2 is 1.49 bits per heavy atom. The first kappa shape index (κ1) is 26.7. The molecule has 0 saturated carbocycles. The van der Waals surface area contributed by atoms with Crippen LogP contribution in [0.4, 0.5) is 4.79 Å². The van der Waals surface area contributed by atoms with E-state index in [4.69, 9.17) is 14.2 Å². The number of rotatable bonds is 12. The third-order valence-electron chi connectivity index (χ3n) is 6.39. The summed E-state index contributed by atoms with van der Waals surface area (Å²) in [6.45, 7) is 5.88. The molecule has 2 aromatic carbocycles. The van der Waals surface area contributed by atoms with Gasteiger partial charge in [0.25, 0.3) is 0 Å². The van der Waals surface area contributed by atoms with Crippen molar-refractivity contribution in [2.75, 3.05) is 40.0 Å². The van der Waals surface area contributed by atoms with Crippen LogP contribution in [0.15, 0.2) is 60.7 Å². The van der Waals surface area contributed by atoms with E-state index >= 15 is 0 Å². The van der Waals surface area contributed by atoms with Crippen LogP contribution in [0.5, 0.6) is 0 Å². The normalized spacial score (nSPS) is 15.1. The molecule has 1 heterocycles. The fourth-order valence-corrected chi connectivity index (χ4v) is 4.31. The third kappa shape index (κ3) is 8.08. The first-order valence-electron chi connectivity index (χ1n) is 12.5. The first-order chi connectivity index (χ1) is 17.1. The predicted molar refractivity (Wildman–Crippen MR) is 135 cm³/mol. The fraction of sp³-hybridized carbons (Fsp3) is 0.500. The van der Waals surface area contributed by atoms with Gasteiger partial charge in [0.2, 0.25) is 0 Å². The summed E-state index contributed by atoms with van der Waals surface area (Å²) in [5.41, 5.74) is 1.40. The summed E-state index contributed by atoms with van der Waals surface area (Å²) in [7, 11) is 1.38. The van der Waals surface area contributed by atoms with Gasteiger partial charge < -0.3 is 19.1 Å². The highest BCUT2D eigenvalue weighted by Crippen LogP contribution is 2.28. The molecule has 1 aliphatic rings. The van der Waals surface area contributed by atoms with Crippen LogP contribution in [-0.2, 0) is 32.1 Å². The topological polar surface area (TPSA) is 68.3 Å². The van der Waals surface area contributed by atoms with E-state index in [1.807, 2.05) is 36.4 Å². The van der Waals surface area contributed by atoms with Crippen LogP contribution in [0.1, 0.15) is 43.7 Å². The Hall–Kier alpha value is -2.90. The van der Waals surface area contributed by atoms with Gasteiger partial charge in [0.1, 0.15) is 0 Å². The minimum atomic E-state index is -1.04. The van der Waals surface area contributed by atoms with Gasteiger partial charge in [0.05, 0.1) is 20.3 Å². The monoisotopic (exact) mass is 482 g/mol. The molecule has 0 bridgehead atoms. The zero-order valence-corrected chi connectivity index (χ0v) is 21.0. The molecule has 7 heteroatoms. The zero-order valence-electron chi connectivity index (χ0n) is 21.0. The number of unbranched alkanes of at least 4 members (excludes halogenated alkanes) is 1. The van der Waals surface area contributed by atoms with Crippen molar-refractivity contribution in [2.45, 2.75) is 51.3 Å². The van der Waals surface area contributed by atoms with E-state index in [1.165, 1.54) is 18.2 Å². The summed E-state index contributed by atoms with van der Waals surface area (Å²) in [6.07, 6.45) is 2.27. The molecule has 7 nitrogen and oxygen atoms in total. The Balaban J connectivity index is 1.59. The third-order valence-corrected chi connectivity index (χ3v) is 6.39. The van der Waals surface area contributed by atoms with Crippen molar-refractivity contribution in [1.82, 2.24) is 9.80 Å². The Bertz CT molecular complexity index is 857. The molecule has 0 unspecified atom stereocenters. The molecule has 0 aliphatic carbocycles. The van der Waals surface area contributed by atoms with E-state index in [9.17, 15) is 9.59 Å². The largest absolute Gasteiger partial charge is 0.467 e. The number of benzene rings is 2. The van der Waals surface area contributed by atoms with Crippen molar-refractivity contribution in [3.63, 3.8) is 0 Å². The van der Waals surface area contributed by atoms with Gasteiger partial charge in [-0.1, -0.05) is 74.0 Å². The van der Waals surface area contributed by atoms with Crippen molar-refractivity contribution in [1.29, 1.82) is 0 Å². The summed E-state index contributed by atoms with van der Waals surface area (Å²) in [6, 6.07) is 20.7. The van der Waals surface area contributed by atoms with Gasteiger partial charge in [-0.15, -0.1) is 0 Å². The Morgan fingerprint density at radius 1 is 0.914 bits per heavy atom. The summed E-state index contributed by atoms with van der Waals surface area (Å²) in [4.78, 5) is 29.0. The van der Waals surface area contributed by atoms with E-state index in [1.54, 1.807) is 4.90 Å². The SMILES string of the molecule is CCCCOC(=O)N1CCC(OCCN(Cc2ccccc2)Cc2ccccc2)(C(=O)OC)CC1. The minimum Gasteiger partial charge on any atom is -0.467 e. The van der Waals surface area contributed by atoms with E-state index in [0.717, 1.165) is 25.9 Å². The van der Waals surface area contributed by atoms with Crippen molar-refractivity contribution in [3.8, 4) is 0 Å². The average molecular weight is 483 g/mol. The number of hydrogen-bond acceptors (Lipinski definition) is 6. The lowest BCUT2D eigenvalue weighted by molar-refractivity contribution is -0.176. The maximum Gasteiger partial charge on any atom is 0.409 e. The number of ether oxygens (including phenoxy) is 3. The lowest BCUT2D eigenvalue weighted by Crippen LogP contribution is -2.53. The molecule has 2 aromatic rings. The predicted octanol–water partition coefficient (Wildman–Crippen LogP) is 4.65. The molecule has 35 heavy (non-hydrogen) atoms. The molecule has 0 N–H and O–H groups in total. The second-order valence-electron chi connectivity index (χ2n) is 8.97. The summed E-state index contributed by atoms with van der Waals surface area (Å²) >= 11 is 0. The standard InChI is InChI=1S/C28H38N2O5/c1-3-4-20-34-27(32)30-17-15-28(16-18-30,26(31)33-2)35-21-19-29(22-24-11-7-5-8-12-24)23-25-13-9-6-10-14-25/h5-14H,3-4,15-23H2,1-2H3. The van der Waals surface area contributed by atoms with Crippen molar-refractivity contribution < 1.29 is 23.8 Å². The number of methoxy groups -OCH3 is 1. The number of amides is 1. The van der Waals surface area contributed by atoms with Crippen molar-refractivity contribution in [3.05, 3.63) is 71.8 Å². The van der Waals surface area contributed by atoms with Gasteiger partial charge >= 0.3 is 12.1 Å². The van der Waals surface area contributed by atoms with Crippen LogP contribution in [0.25, 0.3) is 0 Å². The minimum absolute atomic E-state index is 0.325. The maximum atomic E-state index is 12.7. The highest BCUT2D eigenvalue weighted by atomic mass is 16.6. The molecular formula is C28H38N2O5. The van der Waals surface area contributed by atoms with Crippen molar-refractivity contribution >= 4 is 12.1 Å². The summed E-state index contributed by atoms with van der Waals surface area (Å²) in [5.74, 6) is -0.380. The second-order valence-corrected chi connectivity index (χ2v) is 8.97. The Kier molecular flexibility index (Phi) is 10.6. The molecule has 0 aromatic heterocycles. The van der Waals surface area contributed by atoms with Gasteiger partial charge in [0.15, 0.2) is 5.60 Å². The van der Waals surface area contributed by atoms with Gasteiger partial charge in [-0.05, 0) is 17.5 Å². The molecule has 1 amide bonds. The van der Waals surface area contributed by atoms with E-state index in [-0.39, 0.29) is 12.1 Å². The molecule has 1 fully saturated rings. The molecule has 3 rings (SSSR count). The number of likely N-dealkylation sites (tertiary alicyclic amines) is 1. The number of carbonyl (C=O) groups is 2. The van der Waals surface area contributed by atoms with Gasteiger partial charge in [-0.2, -0.15) is 0 Å². The smallest absolute Gasteiger partial charge is 0.409 e. The van der Waals surface area contributed by atoms with Crippen LogP contribution in [0.3, 0.4) is 0 Å². The quantitative estimate of drug-likeness (QED) is 0.324. The second kappa shape index (κ2) is 13.9. The first-order valence-corrected chi connectivity index (χ1v) is 12.5. The average Bonchev–Trinajstić information content (AvgIpc) is 2.89. The van der Waals surface area contributed by atoms with Gasteiger partial charge in [-0.3, -0.25) is 4.90 Å². The van der Waals surface area contributed by atoms with Crippen LogP contribution in [0, 0.1) is 0 Å². The molecule has 1 aliphatic heterocycles. The van der Waals surface area contributed by atoms with Crippen LogP contribution >= 0.6 is 0 Å². The zero-order chi connectivity index (χ0) is 24.9. The van der Waals surface area contributed by atoms with E-state index < -0.39 is 5.60 Å². The van der Waals surface area contributed by atoms with Crippen LogP contribution in [-0.4, -0.2) is 67.4 Å². The summed E-state index contributed by atoms with van der Waals surface area (Å²) in [5, 5.41) is 0. The van der Waals surface area contributed by atoms with Crippen molar-refractivity contribution in [2.24, 2.45) is 0 Å². The summed E-state index contributed by atoms with van der Waals surface area (Å²) < 4.78 is 16.7. The number of hydrogen-bond donors (Lipinski definition) is 0. The molecular weight excluding hydrogens is 444 g/mol. The molecule has 190 valence electrons. The lowest BCUT2D eigenvalue weighted by atomic mass is 9.91. The highest BCUT2D eigenvalue weighted by molar-refractivity contribution is 5.80. The lowest BCUT2D eigenvalue weighted by Gasteiger charge is -2.39. The number of esters is 1. The van der Waals surface area contributed by atoms with Crippen LogP contribution in [0.2, 0.25) is 0 Å². The number of carbonyl (C=O) groups excluding carboxylic acids is 2. The van der Waals surface area contributed by atoms with Gasteiger partial charge in [-0.25, -0.2) is 9.59 Å². The van der Waals surface area contributed by atoms with Crippen LogP contribution < -0.4 is 0 Å². The molecule has 0 radical (unpaired) electrons. The number of piperidine rings is 1. The van der Waals surface area contributed by atoms with Gasteiger partial charge in [0, 0.05) is 45.6 Å². The Morgan fingerprint density at radius 3 is 2.00 bits per heavy atom. The number of nitrogens with zero attached hydrogens (tertiary/aromatic N) is 2. The van der Waals surface area contributed by atoms with E-state index in [0.29, 0.717) is 45.7 Å². The highest BCUT2D eigenvalue weighted by Gasteiger charge is 2.44. The fourth-order valence-electron chi connectivity index (χ4n) is 4.31.